The van der Waals surface area contributed by atoms with E-state index in [2.05, 4.69) is 4.98 Å². The number of fused-ring (bicyclic) bond motifs is 1. The summed E-state index contributed by atoms with van der Waals surface area (Å²) in [5, 5.41) is 22.9. The Balaban J connectivity index is 1.83. The predicted octanol–water partition coefficient (Wildman–Crippen LogP) is 3.62. The van der Waals surface area contributed by atoms with Crippen LogP contribution in [0, 0.1) is 10.1 Å². The van der Waals surface area contributed by atoms with E-state index in [1.807, 2.05) is 77.6 Å². The molecule has 7 heteroatoms. The number of anilines is 1. The third-order valence-corrected chi connectivity index (χ3v) is 4.98. The van der Waals surface area contributed by atoms with Crippen molar-refractivity contribution in [3.63, 3.8) is 0 Å². The average molecular weight is 413 g/mol. The van der Waals surface area contributed by atoms with Crippen LogP contribution in [0.4, 0.5) is 11.6 Å². The van der Waals surface area contributed by atoms with Gasteiger partial charge >= 0.3 is 5.95 Å². The van der Waals surface area contributed by atoms with E-state index >= 15 is 0 Å². The summed E-state index contributed by atoms with van der Waals surface area (Å²) >= 11 is 0. The van der Waals surface area contributed by atoms with Gasteiger partial charge in [0.1, 0.15) is 18.4 Å². The summed E-state index contributed by atoms with van der Waals surface area (Å²) in [6.45, 7) is 0.224. The molecule has 0 spiro atoms. The van der Waals surface area contributed by atoms with Gasteiger partial charge in [0, 0.05) is 23.8 Å². The molecule has 7 nitrogen and oxygen atoms in total. The lowest BCUT2D eigenvalue weighted by Gasteiger charge is -2.28. The highest BCUT2D eigenvalue weighted by Gasteiger charge is 2.53. The van der Waals surface area contributed by atoms with Crippen LogP contribution in [0.5, 0.6) is 0 Å². The SMILES string of the molecule is O=[N+]([O-])c1ccc(C2(O)C[n+]3cccnc3N2C2=CC=CC=CC=CC=CC=C2)cc1. The number of hydrogen-bond donors (Lipinski definition) is 1. The van der Waals surface area contributed by atoms with E-state index in [0.29, 0.717) is 17.2 Å². The van der Waals surface area contributed by atoms with Crippen LogP contribution in [0.3, 0.4) is 0 Å². The van der Waals surface area contributed by atoms with Crippen molar-refractivity contribution >= 4 is 11.6 Å². The van der Waals surface area contributed by atoms with Crippen LogP contribution in [-0.4, -0.2) is 15.0 Å². The van der Waals surface area contributed by atoms with E-state index in [4.69, 9.17) is 0 Å². The molecule has 2 heterocycles. The minimum Gasteiger partial charge on any atom is -0.352 e. The zero-order chi connectivity index (χ0) is 21.7. The van der Waals surface area contributed by atoms with E-state index in [1.165, 1.54) is 12.1 Å². The Labute approximate surface area is 179 Å². The molecule has 0 radical (unpaired) electrons. The molecule has 1 aromatic carbocycles. The third-order valence-electron chi connectivity index (χ3n) is 4.98. The maximum absolute atomic E-state index is 11.9. The lowest BCUT2D eigenvalue weighted by atomic mass is 10.0. The molecule has 4 rings (SSSR count). The molecule has 0 bridgehead atoms. The fourth-order valence-corrected chi connectivity index (χ4v) is 3.54. The highest BCUT2D eigenvalue weighted by Crippen LogP contribution is 2.37. The highest BCUT2D eigenvalue weighted by atomic mass is 16.6. The summed E-state index contributed by atoms with van der Waals surface area (Å²) in [5.74, 6) is 0.569. The van der Waals surface area contributed by atoms with Crippen LogP contribution >= 0.6 is 0 Å². The van der Waals surface area contributed by atoms with E-state index < -0.39 is 10.6 Å². The second kappa shape index (κ2) is 8.73. The van der Waals surface area contributed by atoms with Gasteiger partial charge in [-0.15, -0.1) is 0 Å². The van der Waals surface area contributed by atoms with Gasteiger partial charge in [0.05, 0.1) is 11.1 Å². The largest absolute Gasteiger partial charge is 0.401 e. The normalized spacial score (nSPS) is 20.2. The molecule has 1 atom stereocenters. The number of aromatic nitrogens is 2. The van der Waals surface area contributed by atoms with E-state index in [9.17, 15) is 15.2 Å². The van der Waals surface area contributed by atoms with Crippen molar-refractivity contribution < 1.29 is 14.6 Å². The molecule has 0 amide bonds. The van der Waals surface area contributed by atoms with Gasteiger partial charge in [-0.2, -0.15) is 4.90 Å². The van der Waals surface area contributed by atoms with Crippen molar-refractivity contribution in [3.8, 4) is 0 Å². The van der Waals surface area contributed by atoms with Crippen molar-refractivity contribution in [2.75, 3.05) is 4.90 Å². The summed E-state index contributed by atoms with van der Waals surface area (Å²) in [4.78, 5) is 16.8. The molecule has 31 heavy (non-hydrogen) atoms. The second-order valence-electron chi connectivity index (χ2n) is 6.99. The zero-order valence-electron chi connectivity index (χ0n) is 16.7. The molecular formula is C24H21N4O3+. The van der Waals surface area contributed by atoms with Crippen molar-refractivity contribution in [2.45, 2.75) is 12.3 Å². The van der Waals surface area contributed by atoms with Crippen molar-refractivity contribution in [1.82, 2.24) is 4.98 Å². The van der Waals surface area contributed by atoms with Gasteiger partial charge in [0.15, 0.2) is 0 Å². The second-order valence-corrected chi connectivity index (χ2v) is 6.99. The fraction of sp³-hybridized carbons (Fsp3) is 0.0833. The molecule has 2 aliphatic rings. The zero-order valence-corrected chi connectivity index (χ0v) is 16.7. The Bertz CT molecular complexity index is 1160. The van der Waals surface area contributed by atoms with Crippen molar-refractivity contribution in [3.05, 3.63) is 131 Å². The van der Waals surface area contributed by atoms with Crippen LogP contribution < -0.4 is 9.47 Å². The van der Waals surface area contributed by atoms with Gasteiger partial charge in [-0.1, -0.05) is 59.7 Å². The maximum Gasteiger partial charge on any atom is 0.401 e. The minimum absolute atomic E-state index is 0.0294. The average Bonchev–Trinajstić information content (AvgIpc) is 3.07. The topological polar surface area (TPSA) is 83.4 Å². The first-order chi connectivity index (χ1) is 15.1. The molecular weight excluding hydrogens is 392 g/mol. The van der Waals surface area contributed by atoms with Crippen molar-refractivity contribution in [1.29, 1.82) is 0 Å². The lowest BCUT2D eigenvalue weighted by molar-refractivity contribution is -0.685. The number of benzene rings is 1. The number of allylic oxidation sites excluding steroid dienone is 11. The number of nitro groups is 1. The van der Waals surface area contributed by atoms with Gasteiger partial charge in [0.25, 0.3) is 5.69 Å². The Morgan fingerprint density at radius 2 is 1.65 bits per heavy atom. The molecule has 1 aliphatic heterocycles. The maximum atomic E-state index is 11.9. The summed E-state index contributed by atoms with van der Waals surface area (Å²) in [6.07, 6.45) is 24.5. The first-order valence-corrected chi connectivity index (χ1v) is 9.77. The predicted molar refractivity (Wildman–Crippen MR) is 118 cm³/mol. The molecule has 1 unspecified atom stereocenters. The van der Waals surface area contributed by atoms with Crippen LogP contribution in [0.1, 0.15) is 5.56 Å². The first kappa shape index (κ1) is 20.2. The molecule has 0 saturated heterocycles. The standard InChI is InChI=1S/C24H21N4O3/c29-24(20-13-15-22(16-14-20)28(30)31)19-26-18-10-17-25-23(26)27(24)21-11-8-6-4-2-1-3-5-7-9-12-21/h1-18,29H,19H2/q+1. The molecule has 0 saturated carbocycles. The molecule has 0 fully saturated rings. The van der Waals surface area contributed by atoms with E-state index in [0.717, 1.165) is 0 Å². The van der Waals surface area contributed by atoms with Gasteiger partial charge < -0.3 is 5.11 Å². The Morgan fingerprint density at radius 1 is 1.00 bits per heavy atom. The molecule has 1 aromatic heterocycles. The molecule has 2 aromatic rings. The van der Waals surface area contributed by atoms with Crippen LogP contribution in [0.25, 0.3) is 0 Å². The van der Waals surface area contributed by atoms with Gasteiger partial charge in [-0.25, -0.2) is 4.57 Å². The van der Waals surface area contributed by atoms with Gasteiger partial charge in [-0.05, 0) is 24.3 Å². The number of aliphatic hydroxyl groups is 1. The number of nitrogens with zero attached hydrogens (tertiary/aromatic N) is 4. The monoisotopic (exact) mass is 413 g/mol. The van der Waals surface area contributed by atoms with Gasteiger partial charge in [0.2, 0.25) is 5.72 Å². The highest BCUT2D eigenvalue weighted by molar-refractivity contribution is 5.52. The molecule has 154 valence electrons. The number of rotatable bonds is 3. The Kier molecular flexibility index (Phi) is 5.68. The van der Waals surface area contributed by atoms with Crippen molar-refractivity contribution in [2.24, 2.45) is 0 Å². The Hall–Kier alpha value is -4.10. The van der Waals surface area contributed by atoms with Crippen LogP contribution in [-0.2, 0) is 12.3 Å². The van der Waals surface area contributed by atoms with Crippen LogP contribution in [0.2, 0.25) is 0 Å². The molecule has 1 N–H and O–H groups in total. The first-order valence-electron chi connectivity index (χ1n) is 9.77. The Morgan fingerprint density at radius 3 is 2.32 bits per heavy atom. The fourth-order valence-electron chi connectivity index (χ4n) is 3.54. The smallest absolute Gasteiger partial charge is 0.352 e. The number of nitro benzene ring substituents is 1. The van der Waals surface area contributed by atoms with Crippen LogP contribution in [0.15, 0.2) is 115 Å². The summed E-state index contributed by atoms with van der Waals surface area (Å²) in [6, 6.07) is 7.77. The minimum atomic E-state index is -1.48. The number of non-ortho nitro benzene ring substituents is 1. The quantitative estimate of drug-likeness (QED) is 0.472. The third kappa shape index (κ3) is 4.12. The lowest BCUT2D eigenvalue weighted by Crippen LogP contribution is -2.45. The number of hydrogen-bond acceptors (Lipinski definition) is 5. The summed E-state index contributed by atoms with van der Waals surface area (Å²) < 4.78 is 1.86. The van der Waals surface area contributed by atoms with Gasteiger partial charge in [-0.3, -0.25) is 10.1 Å². The summed E-state index contributed by atoms with van der Waals surface area (Å²) in [5.41, 5.74) is -0.258. The van der Waals surface area contributed by atoms with E-state index in [-0.39, 0.29) is 12.2 Å². The van der Waals surface area contributed by atoms with E-state index in [1.54, 1.807) is 29.3 Å². The molecule has 1 aliphatic carbocycles. The summed E-state index contributed by atoms with van der Waals surface area (Å²) in [7, 11) is 0.